The van der Waals surface area contributed by atoms with Crippen molar-refractivity contribution in [3.8, 4) is 0 Å². The number of carboxylic acid groups (broad SMARTS) is 1. The fourth-order valence-corrected chi connectivity index (χ4v) is 2.29. The zero-order chi connectivity index (χ0) is 11.4. The molecule has 1 atom stereocenters. The first kappa shape index (κ1) is 11.1. The molecule has 1 aliphatic carbocycles. The minimum absolute atomic E-state index is 0.251. The fourth-order valence-electron chi connectivity index (χ4n) is 2.29. The largest absolute Gasteiger partial charge is 0.481 e. The summed E-state index contributed by atoms with van der Waals surface area (Å²) in [5.74, 6) is -0.714. The van der Waals surface area contributed by atoms with Crippen molar-refractivity contribution in [3.63, 3.8) is 0 Å². The van der Waals surface area contributed by atoms with Crippen LogP contribution in [0.15, 0.2) is 24.3 Å². The van der Waals surface area contributed by atoms with E-state index < -0.39 is 5.97 Å². The molecule has 0 bridgehead atoms. The Bertz CT molecular complexity index is 376. The van der Waals surface area contributed by atoms with Gasteiger partial charge in [0.05, 0.1) is 0 Å². The normalized spacial score (nSPS) is 18.4. The molecule has 1 aromatic rings. The summed E-state index contributed by atoms with van der Waals surface area (Å²) < 4.78 is 0. The topological polar surface area (TPSA) is 49.3 Å². The van der Waals surface area contributed by atoms with Crippen molar-refractivity contribution in [2.45, 2.75) is 31.7 Å². The number of benzene rings is 1. The molecular weight excluding hydrogens is 202 g/mol. The maximum Gasteiger partial charge on any atom is 0.303 e. The molecule has 0 amide bonds. The highest BCUT2D eigenvalue weighted by molar-refractivity contribution is 5.66. The van der Waals surface area contributed by atoms with Gasteiger partial charge < -0.3 is 10.4 Å². The van der Waals surface area contributed by atoms with Crippen molar-refractivity contribution in [3.05, 3.63) is 35.4 Å². The van der Waals surface area contributed by atoms with Gasteiger partial charge in [-0.05, 0) is 36.9 Å². The third-order valence-corrected chi connectivity index (χ3v) is 3.09. The lowest BCUT2D eigenvalue weighted by atomic mass is 10.1. The average molecular weight is 219 g/mol. The number of nitrogens with one attached hydrogen (secondary N) is 1. The predicted molar refractivity (Wildman–Crippen MR) is 62.4 cm³/mol. The first-order valence-corrected chi connectivity index (χ1v) is 5.80. The smallest absolute Gasteiger partial charge is 0.303 e. The van der Waals surface area contributed by atoms with Gasteiger partial charge in [-0.3, -0.25) is 4.79 Å². The summed E-state index contributed by atoms with van der Waals surface area (Å²) >= 11 is 0. The van der Waals surface area contributed by atoms with Gasteiger partial charge in [-0.15, -0.1) is 0 Å². The van der Waals surface area contributed by atoms with Crippen LogP contribution in [0.25, 0.3) is 0 Å². The molecule has 0 saturated carbocycles. The standard InChI is InChI=1S/C13H17NO2/c15-13(16)6-3-9-14-12-8-7-10-4-1-2-5-11(10)12/h1-2,4-5,12,14H,3,6-9H2,(H,15,16). The summed E-state index contributed by atoms with van der Waals surface area (Å²) in [5.41, 5.74) is 2.82. The number of carbonyl (C=O) groups is 1. The molecule has 0 saturated heterocycles. The Kier molecular flexibility index (Phi) is 3.57. The minimum Gasteiger partial charge on any atom is -0.481 e. The van der Waals surface area contributed by atoms with Crippen LogP contribution in [0, 0.1) is 0 Å². The second-order valence-corrected chi connectivity index (χ2v) is 4.24. The molecule has 0 aromatic heterocycles. The maximum atomic E-state index is 10.4. The average Bonchev–Trinajstić information content (AvgIpc) is 2.68. The van der Waals surface area contributed by atoms with Crippen LogP contribution < -0.4 is 5.32 Å². The molecule has 0 heterocycles. The second kappa shape index (κ2) is 5.12. The number of carboxylic acids is 1. The summed E-state index contributed by atoms with van der Waals surface area (Å²) in [5, 5.41) is 12.0. The Balaban J connectivity index is 1.82. The van der Waals surface area contributed by atoms with Crippen LogP contribution in [-0.2, 0) is 11.2 Å². The van der Waals surface area contributed by atoms with Gasteiger partial charge in [-0.25, -0.2) is 0 Å². The third kappa shape index (κ3) is 2.61. The first-order valence-electron chi connectivity index (χ1n) is 5.80. The third-order valence-electron chi connectivity index (χ3n) is 3.09. The van der Waals surface area contributed by atoms with Crippen molar-refractivity contribution < 1.29 is 9.90 Å². The van der Waals surface area contributed by atoms with E-state index in [9.17, 15) is 4.79 Å². The van der Waals surface area contributed by atoms with Gasteiger partial charge >= 0.3 is 5.97 Å². The van der Waals surface area contributed by atoms with E-state index in [2.05, 4.69) is 29.6 Å². The molecule has 1 aromatic carbocycles. The summed E-state index contributed by atoms with van der Waals surface area (Å²) in [4.78, 5) is 10.4. The van der Waals surface area contributed by atoms with Crippen LogP contribution in [0.1, 0.15) is 36.4 Å². The first-order chi connectivity index (χ1) is 7.77. The zero-order valence-electron chi connectivity index (χ0n) is 9.28. The van der Waals surface area contributed by atoms with E-state index >= 15 is 0 Å². The molecule has 1 unspecified atom stereocenters. The lowest BCUT2D eigenvalue weighted by molar-refractivity contribution is -0.137. The number of hydrogen-bond donors (Lipinski definition) is 2. The van der Waals surface area contributed by atoms with Crippen molar-refractivity contribution in [1.29, 1.82) is 0 Å². The maximum absolute atomic E-state index is 10.4. The molecule has 3 heteroatoms. The monoisotopic (exact) mass is 219 g/mol. The Morgan fingerprint density at radius 3 is 3.06 bits per heavy atom. The zero-order valence-corrected chi connectivity index (χ0v) is 9.28. The van der Waals surface area contributed by atoms with Crippen molar-refractivity contribution in [2.24, 2.45) is 0 Å². The van der Waals surface area contributed by atoms with Crippen LogP contribution in [-0.4, -0.2) is 17.6 Å². The molecule has 0 spiro atoms. The van der Waals surface area contributed by atoms with Gasteiger partial charge in [0.2, 0.25) is 0 Å². The highest BCUT2D eigenvalue weighted by Gasteiger charge is 2.20. The molecule has 1 aliphatic rings. The Morgan fingerprint density at radius 2 is 2.25 bits per heavy atom. The number of fused-ring (bicyclic) bond motifs is 1. The highest BCUT2D eigenvalue weighted by Crippen LogP contribution is 2.30. The Morgan fingerprint density at radius 1 is 1.44 bits per heavy atom. The van der Waals surface area contributed by atoms with Crippen LogP contribution in [0.2, 0.25) is 0 Å². The molecule has 2 N–H and O–H groups in total. The highest BCUT2D eigenvalue weighted by atomic mass is 16.4. The molecule has 2 rings (SSSR count). The number of hydrogen-bond acceptors (Lipinski definition) is 2. The number of aliphatic carboxylic acids is 1. The molecular formula is C13H17NO2. The summed E-state index contributed by atoms with van der Waals surface area (Å²) in [6.07, 6.45) is 3.22. The van der Waals surface area contributed by atoms with Crippen molar-refractivity contribution >= 4 is 5.97 Å². The Hall–Kier alpha value is -1.35. The molecule has 16 heavy (non-hydrogen) atoms. The molecule has 0 aliphatic heterocycles. The predicted octanol–water partition coefficient (Wildman–Crippen LogP) is 2.13. The minimum atomic E-state index is -0.714. The van der Waals surface area contributed by atoms with E-state index in [1.54, 1.807) is 0 Å². The lowest BCUT2D eigenvalue weighted by Crippen LogP contribution is -2.20. The Labute approximate surface area is 95.5 Å². The van der Waals surface area contributed by atoms with Gasteiger partial charge in [-0.2, -0.15) is 0 Å². The van der Waals surface area contributed by atoms with Crippen LogP contribution >= 0.6 is 0 Å². The number of aryl methyl sites for hydroxylation is 1. The second-order valence-electron chi connectivity index (χ2n) is 4.24. The van der Waals surface area contributed by atoms with E-state index in [-0.39, 0.29) is 6.42 Å². The van der Waals surface area contributed by atoms with E-state index in [4.69, 9.17) is 5.11 Å². The lowest BCUT2D eigenvalue weighted by Gasteiger charge is -2.13. The van der Waals surface area contributed by atoms with E-state index in [1.165, 1.54) is 11.1 Å². The molecule has 3 nitrogen and oxygen atoms in total. The summed E-state index contributed by atoms with van der Waals surface area (Å²) in [6.45, 7) is 0.783. The molecule has 0 radical (unpaired) electrons. The van der Waals surface area contributed by atoms with Crippen molar-refractivity contribution in [1.82, 2.24) is 5.32 Å². The summed E-state index contributed by atoms with van der Waals surface area (Å²) in [6, 6.07) is 8.90. The van der Waals surface area contributed by atoms with Crippen LogP contribution in [0.3, 0.4) is 0 Å². The van der Waals surface area contributed by atoms with Crippen molar-refractivity contribution in [2.75, 3.05) is 6.54 Å². The van der Waals surface area contributed by atoms with E-state index in [0.717, 1.165) is 19.4 Å². The molecule has 86 valence electrons. The van der Waals surface area contributed by atoms with Crippen LogP contribution in [0.4, 0.5) is 0 Å². The van der Waals surface area contributed by atoms with Gasteiger partial charge in [0.15, 0.2) is 0 Å². The SMILES string of the molecule is O=C(O)CCCNC1CCc2ccccc21. The van der Waals surface area contributed by atoms with Gasteiger partial charge in [0, 0.05) is 12.5 Å². The van der Waals surface area contributed by atoms with E-state index in [1.807, 2.05) is 0 Å². The van der Waals surface area contributed by atoms with Gasteiger partial charge in [0.1, 0.15) is 0 Å². The number of rotatable bonds is 5. The van der Waals surface area contributed by atoms with Gasteiger partial charge in [0.25, 0.3) is 0 Å². The van der Waals surface area contributed by atoms with Crippen LogP contribution in [0.5, 0.6) is 0 Å². The van der Waals surface area contributed by atoms with Gasteiger partial charge in [-0.1, -0.05) is 24.3 Å². The molecule has 0 fully saturated rings. The fraction of sp³-hybridized carbons (Fsp3) is 0.462. The van der Waals surface area contributed by atoms with E-state index in [0.29, 0.717) is 12.5 Å². The summed E-state index contributed by atoms with van der Waals surface area (Å²) in [7, 11) is 0. The quantitative estimate of drug-likeness (QED) is 0.746.